The number of likely N-dealkylation sites (N-methyl/N-ethyl adjacent to an activating group) is 1. The Kier molecular flexibility index (Phi) is 7.96. The van der Waals surface area contributed by atoms with Crippen molar-refractivity contribution in [1.29, 1.82) is 0 Å². The lowest BCUT2D eigenvalue weighted by Gasteiger charge is -2.28. The van der Waals surface area contributed by atoms with Crippen molar-refractivity contribution in [1.82, 2.24) is 4.90 Å². The van der Waals surface area contributed by atoms with Crippen LogP contribution in [0.4, 0.5) is 5.69 Å². The third kappa shape index (κ3) is 5.24. The molecule has 0 saturated heterocycles. The quantitative estimate of drug-likeness (QED) is 0.461. The Morgan fingerprint density at radius 1 is 0.700 bits per heavy atom. The van der Waals surface area contributed by atoms with Crippen LogP contribution < -0.4 is 4.90 Å². The SMILES string of the molecule is CCN(CC)C1=C[C](c2ccccc2)CC(/C=C/c2ccccc2N(CC)CC)=C1. The summed E-state index contributed by atoms with van der Waals surface area (Å²) in [5.41, 5.74) is 6.56. The van der Waals surface area contributed by atoms with E-state index in [1.165, 1.54) is 34.0 Å². The second-order valence-corrected chi connectivity index (χ2v) is 7.59. The van der Waals surface area contributed by atoms with Crippen molar-refractivity contribution in [2.24, 2.45) is 0 Å². The number of benzene rings is 2. The number of rotatable bonds is 9. The largest absolute Gasteiger partial charge is 0.372 e. The van der Waals surface area contributed by atoms with Gasteiger partial charge in [-0.2, -0.15) is 0 Å². The molecule has 1 aliphatic carbocycles. The first kappa shape index (κ1) is 22.0. The Bertz CT molecular complexity index is 884. The second kappa shape index (κ2) is 10.9. The molecule has 1 radical (unpaired) electrons. The van der Waals surface area contributed by atoms with Crippen LogP contribution in [0.2, 0.25) is 0 Å². The number of hydrogen-bond donors (Lipinski definition) is 0. The summed E-state index contributed by atoms with van der Waals surface area (Å²) >= 11 is 0. The van der Waals surface area contributed by atoms with Gasteiger partial charge >= 0.3 is 0 Å². The first-order valence-corrected chi connectivity index (χ1v) is 11.3. The van der Waals surface area contributed by atoms with Crippen molar-refractivity contribution in [2.75, 3.05) is 31.1 Å². The molecular weight excluding hydrogens is 364 g/mol. The van der Waals surface area contributed by atoms with Gasteiger partial charge in [0.15, 0.2) is 0 Å². The smallest absolute Gasteiger partial charge is 0.0439 e. The summed E-state index contributed by atoms with van der Waals surface area (Å²) in [6.45, 7) is 13.0. The summed E-state index contributed by atoms with van der Waals surface area (Å²) < 4.78 is 0. The first-order chi connectivity index (χ1) is 14.7. The maximum atomic E-state index is 2.43. The molecule has 0 N–H and O–H groups in total. The molecule has 2 aromatic rings. The van der Waals surface area contributed by atoms with Gasteiger partial charge in [-0.05, 0) is 69.0 Å². The molecule has 2 nitrogen and oxygen atoms in total. The number of para-hydroxylation sites is 1. The molecule has 1 aliphatic rings. The third-order valence-corrected chi connectivity index (χ3v) is 5.84. The second-order valence-electron chi connectivity index (χ2n) is 7.59. The lowest BCUT2D eigenvalue weighted by molar-refractivity contribution is 0.392. The molecule has 30 heavy (non-hydrogen) atoms. The van der Waals surface area contributed by atoms with Gasteiger partial charge in [0.05, 0.1) is 0 Å². The van der Waals surface area contributed by atoms with Gasteiger partial charge in [0.1, 0.15) is 0 Å². The maximum Gasteiger partial charge on any atom is 0.0439 e. The highest BCUT2D eigenvalue weighted by molar-refractivity contribution is 5.69. The van der Waals surface area contributed by atoms with E-state index in [0.29, 0.717) is 0 Å². The maximum absolute atomic E-state index is 2.43. The molecule has 0 fully saturated rings. The van der Waals surface area contributed by atoms with Crippen LogP contribution in [0.5, 0.6) is 0 Å². The number of hydrogen-bond acceptors (Lipinski definition) is 2. The van der Waals surface area contributed by atoms with E-state index >= 15 is 0 Å². The summed E-state index contributed by atoms with van der Waals surface area (Å²) in [4.78, 5) is 4.84. The Balaban J connectivity index is 1.92. The van der Waals surface area contributed by atoms with E-state index in [2.05, 4.69) is 116 Å². The van der Waals surface area contributed by atoms with Crippen LogP contribution >= 0.6 is 0 Å². The Labute approximate surface area is 183 Å². The highest BCUT2D eigenvalue weighted by atomic mass is 15.1. The van der Waals surface area contributed by atoms with Crippen molar-refractivity contribution in [2.45, 2.75) is 34.1 Å². The van der Waals surface area contributed by atoms with E-state index in [0.717, 1.165) is 32.6 Å². The van der Waals surface area contributed by atoms with E-state index in [-0.39, 0.29) is 0 Å². The predicted molar refractivity (Wildman–Crippen MR) is 132 cm³/mol. The van der Waals surface area contributed by atoms with Gasteiger partial charge in [-0.15, -0.1) is 0 Å². The first-order valence-electron chi connectivity index (χ1n) is 11.3. The minimum absolute atomic E-state index is 0.957. The van der Waals surface area contributed by atoms with Gasteiger partial charge in [-0.3, -0.25) is 0 Å². The average molecular weight is 400 g/mol. The lowest BCUT2D eigenvalue weighted by Crippen LogP contribution is -2.23. The zero-order valence-electron chi connectivity index (χ0n) is 18.9. The molecule has 0 aliphatic heterocycles. The number of nitrogens with zero attached hydrogens (tertiary/aromatic N) is 2. The van der Waals surface area contributed by atoms with Gasteiger partial charge in [0, 0.05) is 43.5 Å². The fourth-order valence-electron chi connectivity index (χ4n) is 4.13. The minimum Gasteiger partial charge on any atom is -0.372 e. The fourth-order valence-corrected chi connectivity index (χ4v) is 4.13. The average Bonchev–Trinajstić information content (AvgIpc) is 2.80. The van der Waals surface area contributed by atoms with Crippen LogP contribution in [0, 0.1) is 5.92 Å². The van der Waals surface area contributed by atoms with Crippen LogP contribution in [0.3, 0.4) is 0 Å². The summed E-state index contributed by atoms with van der Waals surface area (Å²) in [6, 6.07) is 19.5. The van der Waals surface area contributed by atoms with Crippen molar-refractivity contribution in [3.8, 4) is 0 Å². The molecule has 0 saturated carbocycles. The number of anilines is 1. The van der Waals surface area contributed by atoms with Crippen LogP contribution in [0.1, 0.15) is 45.2 Å². The van der Waals surface area contributed by atoms with Crippen molar-refractivity contribution < 1.29 is 0 Å². The number of allylic oxidation sites excluding steroid dienone is 4. The Morgan fingerprint density at radius 2 is 1.33 bits per heavy atom. The van der Waals surface area contributed by atoms with Crippen LogP contribution in [-0.4, -0.2) is 31.1 Å². The highest BCUT2D eigenvalue weighted by Gasteiger charge is 2.19. The van der Waals surface area contributed by atoms with Gasteiger partial charge in [0.25, 0.3) is 0 Å². The van der Waals surface area contributed by atoms with E-state index in [9.17, 15) is 0 Å². The minimum atomic E-state index is 0.957. The molecule has 0 bridgehead atoms. The summed E-state index contributed by atoms with van der Waals surface area (Å²) in [6.07, 6.45) is 10.3. The molecular formula is C28H35N2. The van der Waals surface area contributed by atoms with Crippen LogP contribution in [0.15, 0.2) is 84.1 Å². The van der Waals surface area contributed by atoms with Gasteiger partial charge < -0.3 is 9.80 Å². The molecule has 2 aromatic carbocycles. The molecule has 0 spiro atoms. The highest BCUT2D eigenvalue weighted by Crippen LogP contribution is 2.33. The third-order valence-electron chi connectivity index (χ3n) is 5.84. The summed E-state index contributed by atoms with van der Waals surface area (Å²) in [5, 5.41) is 0. The zero-order valence-corrected chi connectivity index (χ0v) is 18.9. The molecule has 0 amide bonds. The molecule has 0 atom stereocenters. The monoisotopic (exact) mass is 399 g/mol. The fraction of sp³-hybridized carbons (Fsp3) is 0.321. The molecule has 157 valence electrons. The van der Waals surface area contributed by atoms with Crippen LogP contribution in [0.25, 0.3) is 6.08 Å². The standard InChI is InChI=1S/C28H35N2/c1-5-29(6-2)27-21-23(20-26(22-27)24-14-10-9-11-15-24)18-19-25-16-12-13-17-28(25)30(7-3)8-4/h9-19,21-22H,5-8,20H2,1-4H3/b19-18+. The van der Waals surface area contributed by atoms with Gasteiger partial charge in [-0.1, -0.05) is 60.7 Å². The summed E-state index contributed by atoms with van der Waals surface area (Å²) in [7, 11) is 0. The van der Waals surface area contributed by atoms with E-state index in [1.807, 2.05) is 0 Å². The van der Waals surface area contributed by atoms with Gasteiger partial charge in [0.2, 0.25) is 0 Å². The molecule has 3 rings (SSSR count). The molecule has 2 heteroatoms. The molecule has 0 unspecified atom stereocenters. The van der Waals surface area contributed by atoms with Crippen LogP contribution in [-0.2, 0) is 0 Å². The van der Waals surface area contributed by atoms with E-state index < -0.39 is 0 Å². The summed E-state index contributed by atoms with van der Waals surface area (Å²) in [5.74, 6) is 1.39. The van der Waals surface area contributed by atoms with Gasteiger partial charge in [-0.25, -0.2) is 0 Å². The molecule has 0 aromatic heterocycles. The zero-order chi connectivity index (χ0) is 21.3. The lowest BCUT2D eigenvalue weighted by atomic mass is 9.86. The Morgan fingerprint density at radius 3 is 2.00 bits per heavy atom. The van der Waals surface area contributed by atoms with E-state index in [4.69, 9.17) is 0 Å². The molecule has 0 heterocycles. The predicted octanol–water partition coefficient (Wildman–Crippen LogP) is 6.72. The Hall–Kier alpha value is -2.74. The normalized spacial score (nSPS) is 14.5. The van der Waals surface area contributed by atoms with E-state index in [1.54, 1.807) is 0 Å². The van der Waals surface area contributed by atoms with Crippen molar-refractivity contribution >= 4 is 11.8 Å². The topological polar surface area (TPSA) is 6.48 Å². The van der Waals surface area contributed by atoms with Crippen molar-refractivity contribution in [3.05, 3.63) is 101 Å². The van der Waals surface area contributed by atoms with Crippen molar-refractivity contribution in [3.63, 3.8) is 0 Å².